The molecule has 0 aromatic heterocycles. The zero-order valence-corrected chi connectivity index (χ0v) is 8.07. The van der Waals surface area contributed by atoms with Crippen LogP contribution in [0.5, 0.6) is 0 Å². The highest BCUT2D eigenvalue weighted by molar-refractivity contribution is 5.72. The zero-order chi connectivity index (χ0) is 9.84. The second-order valence-corrected chi connectivity index (χ2v) is 3.75. The van der Waals surface area contributed by atoms with Crippen LogP contribution in [0.2, 0.25) is 0 Å². The predicted octanol–water partition coefficient (Wildman–Crippen LogP) is 0.968. The highest BCUT2D eigenvalue weighted by Crippen LogP contribution is 2.21. The smallest absolute Gasteiger partial charge is 0.322 e. The van der Waals surface area contributed by atoms with Gasteiger partial charge in [0.05, 0.1) is 0 Å². The summed E-state index contributed by atoms with van der Waals surface area (Å²) in [6.07, 6.45) is 5.67. The van der Waals surface area contributed by atoms with Gasteiger partial charge in [0, 0.05) is 6.04 Å². The molecule has 0 heterocycles. The standard InChI is InChI=1S/C9H18N2O2/c1-7(9(12)13)11(10)8-5-3-2-4-6-8/h7-8H,2-6,10H2,1H3,(H,12,13)/t7-/m0/s1. The number of carbonyl (C=O) groups is 1. The van der Waals surface area contributed by atoms with Crippen LogP contribution in [0, 0.1) is 0 Å². The maximum absolute atomic E-state index is 10.7. The van der Waals surface area contributed by atoms with Gasteiger partial charge >= 0.3 is 5.97 Å². The Kier molecular flexibility index (Phi) is 3.69. The van der Waals surface area contributed by atoms with Crippen LogP contribution in [0.4, 0.5) is 0 Å². The van der Waals surface area contributed by atoms with Gasteiger partial charge in [-0.25, -0.2) is 5.01 Å². The molecule has 76 valence electrons. The Bertz CT molecular complexity index is 178. The lowest BCUT2D eigenvalue weighted by molar-refractivity contribution is -0.144. The van der Waals surface area contributed by atoms with Crippen molar-refractivity contribution in [1.82, 2.24) is 5.01 Å². The number of nitrogens with two attached hydrogens (primary N) is 1. The second-order valence-electron chi connectivity index (χ2n) is 3.75. The average Bonchev–Trinajstić information content (AvgIpc) is 2.17. The van der Waals surface area contributed by atoms with Gasteiger partial charge < -0.3 is 5.11 Å². The fourth-order valence-electron chi connectivity index (χ4n) is 1.82. The summed E-state index contributed by atoms with van der Waals surface area (Å²) in [6, 6.07) is -0.303. The van der Waals surface area contributed by atoms with E-state index < -0.39 is 12.0 Å². The van der Waals surface area contributed by atoms with Crippen LogP contribution >= 0.6 is 0 Å². The first-order chi connectivity index (χ1) is 6.13. The first-order valence-electron chi connectivity index (χ1n) is 4.88. The Labute approximate surface area is 78.7 Å². The molecular weight excluding hydrogens is 168 g/mol. The predicted molar refractivity (Wildman–Crippen MR) is 50.0 cm³/mol. The lowest BCUT2D eigenvalue weighted by Gasteiger charge is -2.32. The Morgan fingerprint density at radius 1 is 1.46 bits per heavy atom. The summed E-state index contributed by atoms with van der Waals surface area (Å²) in [5.74, 6) is 4.91. The molecule has 0 amide bonds. The Morgan fingerprint density at radius 2 is 2.00 bits per heavy atom. The maximum atomic E-state index is 10.7. The van der Waals surface area contributed by atoms with E-state index in [1.165, 1.54) is 24.3 Å². The Hall–Kier alpha value is -0.610. The van der Waals surface area contributed by atoms with Gasteiger partial charge in [-0.3, -0.25) is 10.6 Å². The van der Waals surface area contributed by atoms with Gasteiger partial charge in [0.1, 0.15) is 6.04 Å². The number of rotatable bonds is 3. The van der Waals surface area contributed by atoms with Crippen molar-refractivity contribution in [2.75, 3.05) is 0 Å². The van der Waals surface area contributed by atoms with E-state index in [-0.39, 0.29) is 6.04 Å². The van der Waals surface area contributed by atoms with Gasteiger partial charge in [0.2, 0.25) is 0 Å². The molecule has 0 aromatic carbocycles. The summed E-state index contributed by atoms with van der Waals surface area (Å²) in [7, 11) is 0. The third-order valence-electron chi connectivity index (χ3n) is 2.80. The molecule has 0 aromatic rings. The minimum atomic E-state index is -0.840. The summed E-state index contributed by atoms with van der Waals surface area (Å²) in [5.41, 5.74) is 0. The lowest BCUT2D eigenvalue weighted by atomic mass is 9.94. The van der Waals surface area contributed by atoms with Crippen molar-refractivity contribution in [3.8, 4) is 0 Å². The minimum absolute atomic E-state index is 0.264. The van der Waals surface area contributed by atoms with E-state index in [0.717, 1.165) is 12.8 Å². The van der Waals surface area contributed by atoms with E-state index >= 15 is 0 Å². The molecule has 0 saturated heterocycles. The summed E-state index contributed by atoms with van der Waals surface area (Å²) in [5, 5.41) is 10.3. The zero-order valence-electron chi connectivity index (χ0n) is 8.07. The first kappa shape index (κ1) is 10.5. The van der Waals surface area contributed by atoms with Crippen molar-refractivity contribution >= 4 is 5.97 Å². The monoisotopic (exact) mass is 186 g/mol. The van der Waals surface area contributed by atoms with Crippen molar-refractivity contribution < 1.29 is 9.90 Å². The molecule has 13 heavy (non-hydrogen) atoms. The molecule has 1 rings (SSSR count). The third-order valence-corrected chi connectivity index (χ3v) is 2.80. The quantitative estimate of drug-likeness (QED) is 0.509. The number of carboxylic acid groups (broad SMARTS) is 1. The van der Waals surface area contributed by atoms with Crippen LogP contribution in [0.15, 0.2) is 0 Å². The fourth-order valence-corrected chi connectivity index (χ4v) is 1.82. The normalized spacial score (nSPS) is 21.8. The molecule has 0 spiro atoms. The molecule has 0 bridgehead atoms. The molecule has 1 fully saturated rings. The lowest BCUT2D eigenvalue weighted by Crippen LogP contribution is -2.50. The van der Waals surface area contributed by atoms with Crippen molar-refractivity contribution in [3.63, 3.8) is 0 Å². The van der Waals surface area contributed by atoms with Gasteiger partial charge in [0.15, 0.2) is 0 Å². The van der Waals surface area contributed by atoms with Gasteiger partial charge in [-0.15, -0.1) is 0 Å². The van der Waals surface area contributed by atoms with Crippen LogP contribution < -0.4 is 5.84 Å². The Morgan fingerprint density at radius 3 is 2.46 bits per heavy atom. The van der Waals surface area contributed by atoms with E-state index in [1.807, 2.05) is 0 Å². The van der Waals surface area contributed by atoms with Gasteiger partial charge in [-0.1, -0.05) is 19.3 Å². The Balaban J connectivity index is 2.44. The number of hydrogen-bond donors (Lipinski definition) is 2. The number of aliphatic carboxylic acids is 1. The average molecular weight is 186 g/mol. The first-order valence-corrected chi connectivity index (χ1v) is 4.88. The molecule has 0 aliphatic heterocycles. The second kappa shape index (κ2) is 4.58. The van der Waals surface area contributed by atoms with Gasteiger partial charge in [-0.2, -0.15) is 0 Å². The molecule has 1 aliphatic rings. The van der Waals surface area contributed by atoms with E-state index in [2.05, 4.69) is 0 Å². The summed E-state index contributed by atoms with van der Waals surface area (Å²) >= 11 is 0. The molecule has 1 saturated carbocycles. The number of nitrogens with zero attached hydrogens (tertiary/aromatic N) is 1. The highest BCUT2D eigenvalue weighted by Gasteiger charge is 2.26. The largest absolute Gasteiger partial charge is 0.480 e. The molecule has 0 unspecified atom stereocenters. The van der Waals surface area contributed by atoms with Crippen LogP contribution in [0.3, 0.4) is 0 Å². The van der Waals surface area contributed by atoms with Crippen LogP contribution in [0.25, 0.3) is 0 Å². The number of hydrazine groups is 1. The van der Waals surface area contributed by atoms with E-state index in [1.54, 1.807) is 6.92 Å². The van der Waals surface area contributed by atoms with E-state index in [9.17, 15) is 4.79 Å². The fraction of sp³-hybridized carbons (Fsp3) is 0.889. The molecule has 3 N–H and O–H groups in total. The van der Waals surface area contributed by atoms with Crippen LogP contribution in [-0.2, 0) is 4.79 Å². The van der Waals surface area contributed by atoms with Crippen molar-refractivity contribution in [2.45, 2.75) is 51.1 Å². The molecule has 4 heteroatoms. The summed E-state index contributed by atoms with van der Waals surface area (Å²) in [4.78, 5) is 10.7. The number of carboxylic acids is 1. The van der Waals surface area contributed by atoms with E-state index in [4.69, 9.17) is 10.9 Å². The molecular formula is C9H18N2O2. The van der Waals surface area contributed by atoms with Crippen molar-refractivity contribution in [2.24, 2.45) is 5.84 Å². The van der Waals surface area contributed by atoms with Gasteiger partial charge in [-0.05, 0) is 19.8 Å². The van der Waals surface area contributed by atoms with Crippen molar-refractivity contribution in [1.29, 1.82) is 0 Å². The summed E-state index contributed by atoms with van der Waals surface area (Å²) < 4.78 is 0. The maximum Gasteiger partial charge on any atom is 0.322 e. The SMILES string of the molecule is C[C@@H](C(=O)O)N(N)C1CCCCC1. The number of hydrogen-bond acceptors (Lipinski definition) is 3. The topological polar surface area (TPSA) is 66.6 Å². The third kappa shape index (κ3) is 2.67. The van der Waals surface area contributed by atoms with E-state index in [0.29, 0.717) is 0 Å². The minimum Gasteiger partial charge on any atom is -0.480 e. The molecule has 4 nitrogen and oxygen atoms in total. The molecule has 1 aliphatic carbocycles. The van der Waals surface area contributed by atoms with Crippen molar-refractivity contribution in [3.05, 3.63) is 0 Å². The molecule has 0 radical (unpaired) electrons. The molecule has 1 atom stereocenters. The highest BCUT2D eigenvalue weighted by atomic mass is 16.4. The summed E-state index contributed by atoms with van der Waals surface area (Å²) in [6.45, 7) is 1.64. The van der Waals surface area contributed by atoms with Crippen LogP contribution in [-0.4, -0.2) is 28.2 Å². The van der Waals surface area contributed by atoms with Crippen LogP contribution in [0.1, 0.15) is 39.0 Å². The van der Waals surface area contributed by atoms with Gasteiger partial charge in [0.25, 0.3) is 0 Å².